The first-order chi connectivity index (χ1) is 7.33. The van der Waals surface area contributed by atoms with Crippen molar-refractivity contribution in [2.75, 3.05) is 0 Å². The van der Waals surface area contributed by atoms with E-state index in [0.29, 0.717) is 15.6 Å². The molecular weight excluding hydrogens is 261 g/mol. The van der Waals surface area contributed by atoms with Crippen LogP contribution < -0.4 is 0 Å². The lowest BCUT2D eigenvalue weighted by atomic mass is 10.1. The molecule has 1 aromatic carbocycles. The average molecular weight is 274 g/mol. The molecule has 1 aromatic rings. The third-order valence-corrected chi connectivity index (χ3v) is 3.35. The quantitative estimate of drug-likeness (QED) is 0.765. The third kappa shape index (κ3) is 3.80. The fourth-order valence-corrected chi connectivity index (χ4v) is 2.51. The van der Waals surface area contributed by atoms with E-state index < -0.39 is 14.4 Å². The van der Waals surface area contributed by atoms with Gasteiger partial charge < -0.3 is 4.43 Å². The Labute approximate surface area is 107 Å². The van der Waals surface area contributed by atoms with Crippen LogP contribution in [0.5, 0.6) is 0 Å². The molecule has 2 nitrogen and oxygen atoms in total. The smallest absolute Gasteiger partial charge is 0.186 e. The molecule has 0 aromatic heterocycles. The zero-order valence-corrected chi connectivity index (χ0v) is 11.9. The SMILES string of the molecule is C[Si](C)(C)OC(C#N)c1cc(Cl)ccc1Cl. The summed E-state index contributed by atoms with van der Waals surface area (Å²) in [5.74, 6) is 0. The third-order valence-electron chi connectivity index (χ3n) is 1.83. The molecule has 0 N–H and O–H groups in total. The predicted octanol–water partition coefficient (Wildman–Crippen LogP) is 4.41. The van der Waals surface area contributed by atoms with E-state index in [1.165, 1.54) is 0 Å². The molecule has 0 radical (unpaired) electrons. The first-order valence-electron chi connectivity index (χ1n) is 4.86. The largest absolute Gasteiger partial charge is 0.399 e. The number of hydrogen-bond donors (Lipinski definition) is 0. The van der Waals surface area contributed by atoms with Crippen LogP contribution in [-0.2, 0) is 4.43 Å². The van der Waals surface area contributed by atoms with E-state index in [0.717, 1.165) is 0 Å². The maximum Gasteiger partial charge on any atom is 0.186 e. The zero-order valence-electron chi connectivity index (χ0n) is 9.42. The number of benzene rings is 1. The van der Waals surface area contributed by atoms with Crippen LogP contribution in [0.4, 0.5) is 0 Å². The molecule has 16 heavy (non-hydrogen) atoms. The van der Waals surface area contributed by atoms with E-state index in [9.17, 15) is 0 Å². The van der Waals surface area contributed by atoms with Crippen molar-refractivity contribution < 1.29 is 4.43 Å². The highest BCUT2D eigenvalue weighted by molar-refractivity contribution is 6.69. The highest BCUT2D eigenvalue weighted by Crippen LogP contribution is 2.30. The molecule has 0 amide bonds. The summed E-state index contributed by atoms with van der Waals surface area (Å²) in [6.07, 6.45) is -0.641. The van der Waals surface area contributed by atoms with Crippen molar-refractivity contribution in [2.45, 2.75) is 25.7 Å². The van der Waals surface area contributed by atoms with Crippen molar-refractivity contribution in [3.8, 4) is 6.07 Å². The fourth-order valence-electron chi connectivity index (χ4n) is 1.23. The molecule has 0 fully saturated rings. The van der Waals surface area contributed by atoms with Gasteiger partial charge in [0.05, 0.1) is 6.07 Å². The van der Waals surface area contributed by atoms with Crippen LogP contribution in [0.1, 0.15) is 11.7 Å². The Bertz CT molecular complexity index is 423. The topological polar surface area (TPSA) is 33.0 Å². The minimum absolute atomic E-state index is 0.509. The van der Waals surface area contributed by atoms with E-state index in [2.05, 4.69) is 6.07 Å². The molecule has 0 bridgehead atoms. The monoisotopic (exact) mass is 273 g/mol. The molecule has 0 aliphatic heterocycles. The molecule has 0 spiro atoms. The molecule has 0 aliphatic rings. The van der Waals surface area contributed by atoms with Crippen LogP contribution in [0.25, 0.3) is 0 Å². The summed E-state index contributed by atoms with van der Waals surface area (Å²) in [4.78, 5) is 0. The normalized spacial score (nSPS) is 13.2. The van der Waals surface area contributed by atoms with Crippen LogP contribution in [0.15, 0.2) is 18.2 Å². The highest BCUT2D eigenvalue weighted by Gasteiger charge is 2.23. The van der Waals surface area contributed by atoms with Gasteiger partial charge in [-0.2, -0.15) is 5.26 Å². The van der Waals surface area contributed by atoms with Gasteiger partial charge in [-0.15, -0.1) is 0 Å². The molecule has 0 saturated carbocycles. The highest BCUT2D eigenvalue weighted by atomic mass is 35.5. The summed E-state index contributed by atoms with van der Waals surface area (Å²) in [5, 5.41) is 10.2. The summed E-state index contributed by atoms with van der Waals surface area (Å²) in [7, 11) is -1.79. The molecule has 5 heteroatoms. The summed E-state index contributed by atoms with van der Waals surface area (Å²) in [5.41, 5.74) is 0.638. The predicted molar refractivity (Wildman–Crippen MR) is 69.2 cm³/mol. The van der Waals surface area contributed by atoms with E-state index in [4.69, 9.17) is 32.9 Å². The Hall–Kier alpha value is -0.533. The number of halogens is 2. The van der Waals surface area contributed by atoms with Gasteiger partial charge in [-0.3, -0.25) is 0 Å². The van der Waals surface area contributed by atoms with Gasteiger partial charge in [0, 0.05) is 15.6 Å². The van der Waals surface area contributed by atoms with E-state index in [-0.39, 0.29) is 0 Å². The second kappa shape index (κ2) is 5.20. The van der Waals surface area contributed by atoms with Crippen molar-refractivity contribution in [1.82, 2.24) is 0 Å². The van der Waals surface area contributed by atoms with Crippen molar-refractivity contribution in [3.63, 3.8) is 0 Å². The van der Waals surface area contributed by atoms with Gasteiger partial charge in [0.15, 0.2) is 14.4 Å². The Morgan fingerprint density at radius 3 is 2.44 bits per heavy atom. The minimum Gasteiger partial charge on any atom is -0.399 e. The van der Waals surface area contributed by atoms with Gasteiger partial charge in [0.2, 0.25) is 0 Å². The first kappa shape index (κ1) is 13.5. The van der Waals surface area contributed by atoms with Gasteiger partial charge >= 0.3 is 0 Å². The van der Waals surface area contributed by atoms with E-state index in [1.54, 1.807) is 18.2 Å². The van der Waals surface area contributed by atoms with Crippen molar-refractivity contribution in [1.29, 1.82) is 5.26 Å². The van der Waals surface area contributed by atoms with E-state index >= 15 is 0 Å². The summed E-state index contributed by atoms with van der Waals surface area (Å²) in [6.45, 7) is 6.07. The first-order valence-corrected chi connectivity index (χ1v) is 9.02. The van der Waals surface area contributed by atoms with Gasteiger partial charge in [0.25, 0.3) is 0 Å². The lowest BCUT2D eigenvalue weighted by Gasteiger charge is -2.22. The van der Waals surface area contributed by atoms with Gasteiger partial charge in [-0.25, -0.2) is 0 Å². The Kier molecular flexibility index (Phi) is 4.40. The standard InChI is InChI=1S/C11H13Cl2NOSi/c1-16(2,3)15-11(7-14)9-6-8(12)4-5-10(9)13/h4-6,11H,1-3H3. The molecule has 1 unspecified atom stereocenters. The van der Waals surface area contributed by atoms with Gasteiger partial charge in [0.1, 0.15) is 0 Å². The number of nitrogens with zero attached hydrogens (tertiary/aromatic N) is 1. The van der Waals surface area contributed by atoms with Crippen LogP contribution in [-0.4, -0.2) is 8.32 Å². The molecule has 86 valence electrons. The maximum absolute atomic E-state index is 9.10. The van der Waals surface area contributed by atoms with Gasteiger partial charge in [-0.05, 0) is 37.8 Å². The number of rotatable bonds is 3. The Morgan fingerprint density at radius 2 is 1.94 bits per heavy atom. The summed E-state index contributed by atoms with van der Waals surface area (Å²) >= 11 is 11.9. The van der Waals surface area contributed by atoms with Crippen LogP contribution in [0.3, 0.4) is 0 Å². The Balaban J connectivity index is 3.05. The molecule has 0 saturated heterocycles. The lowest BCUT2D eigenvalue weighted by Crippen LogP contribution is -2.27. The lowest BCUT2D eigenvalue weighted by molar-refractivity contribution is 0.255. The summed E-state index contributed by atoms with van der Waals surface area (Å²) in [6, 6.07) is 7.16. The maximum atomic E-state index is 9.10. The minimum atomic E-state index is -1.79. The van der Waals surface area contributed by atoms with Crippen molar-refractivity contribution in [3.05, 3.63) is 33.8 Å². The van der Waals surface area contributed by atoms with Crippen LogP contribution in [0.2, 0.25) is 29.7 Å². The molecular formula is C11H13Cl2NOSi. The summed E-state index contributed by atoms with van der Waals surface area (Å²) < 4.78 is 5.74. The second-order valence-electron chi connectivity index (χ2n) is 4.41. The van der Waals surface area contributed by atoms with Crippen LogP contribution >= 0.6 is 23.2 Å². The van der Waals surface area contributed by atoms with Crippen molar-refractivity contribution in [2.24, 2.45) is 0 Å². The molecule has 1 atom stereocenters. The molecule has 0 aliphatic carbocycles. The zero-order chi connectivity index (χ0) is 12.3. The number of nitriles is 1. The van der Waals surface area contributed by atoms with Crippen LogP contribution in [0, 0.1) is 11.3 Å². The Morgan fingerprint density at radius 1 is 1.31 bits per heavy atom. The second-order valence-corrected chi connectivity index (χ2v) is 9.71. The van der Waals surface area contributed by atoms with Crippen molar-refractivity contribution >= 4 is 31.5 Å². The number of hydrogen-bond acceptors (Lipinski definition) is 2. The average Bonchev–Trinajstić information content (AvgIpc) is 2.17. The fraction of sp³-hybridized carbons (Fsp3) is 0.364. The molecule has 0 heterocycles. The van der Waals surface area contributed by atoms with Gasteiger partial charge in [-0.1, -0.05) is 23.2 Å². The van der Waals surface area contributed by atoms with E-state index in [1.807, 2.05) is 19.6 Å². The molecule has 1 rings (SSSR count).